The fourth-order valence-corrected chi connectivity index (χ4v) is 15.5. The maximum absolute atomic E-state index is 6.79. The van der Waals surface area contributed by atoms with Gasteiger partial charge in [0.05, 0.1) is 5.69 Å². The molecule has 0 radical (unpaired) electrons. The lowest BCUT2D eigenvalue weighted by Crippen LogP contribution is -2.62. The third-order valence-corrected chi connectivity index (χ3v) is 20.5. The van der Waals surface area contributed by atoms with E-state index in [1.807, 2.05) is 0 Å². The van der Waals surface area contributed by atoms with Gasteiger partial charge in [0.15, 0.2) is 0 Å². The molecule has 0 amide bonds. The Bertz CT molecular complexity index is 4140. The quantitative estimate of drug-likeness (QED) is 0.160. The van der Waals surface area contributed by atoms with E-state index in [-0.39, 0.29) is 39.2 Å². The molecule has 9 aromatic carbocycles. The van der Waals surface area contributed by atoms with Crippen molar-refractivity contribution in [3.05, 3.63) is 231 Å². The second-order valence-corrected chi connectivity index (χ2v) is 29.8. The minimum Gasteiger partial charge on any atom is -0.488 e. The molecule has 0 saturated heterocycles. The van der Waals surface area contributed by atoms with Crippen molar-refractivity contribution in [2.75, 3.05) is 14.7 Å². The molecule has 2 aliphatic carbocycles. The summed E-state index contributed by atoms with van der Waals surface area (Å²) in [6.07, 6.45) is 2.32. The molecule has 0 N–H and O–H groups in total. The van der Waals surface area contributed by atoms with Crippen molar-refractivity contribution in [1.82, 2.24) is 0 Å². The summed E-state index contributed by atoms with van der Waals surface area (Å²) in [5, 5.41) is 0. The number of rotatable bonds is 5. The Morgan fingerprint density at radius 3 is 1.55 bits per heavy atom. The number of hydrogen-bond donors (Lipinski definition) is 0. The van der Waals surface area contributed by atoms with Crippen LogP contribution in [0.25, 0.3) is 11.1 Å². The van der Waals surface area contributed by atoms with E-state index in [0.29, 0.717) is 6.61 Å². The molecule has 4 nitrogen and oxygen atoms in total. The lowest BCUT2D eigenvalue weighted by Gasteiger charge is -2.49. The Hall–Kier alpha value is -7.76. The topological polar surface area (TPSA) is 19.0 Å². The van der Waals surface area contributed by atoms with Crippen LogP contribution in [0.15, 0.2) is 170 Å². The highest BCUT2D eigenvalue weighted by Gasteiger charge is 2.49. The van der Waals surface area contributed by atoms with Crippen LogP contribution in [-0.2, 0) is 39.1 Å². The molecule has 0 unspecified atom stereocenters. The van der Waals surface area contributed by atoms with Gasteiger partial charge < -0.3 is 19.4 Å². The molecule has 0 saturated carbocycles. The van der Waals surface area contributed by atoms with Crippen LogP contribution in [0.3, 0.4) is 0 Å². The smallest absolute Gasteiger partial charge is 0.252 e. The Kier molecular flexibility index (Phi) is 11.9. The highest BCUT2D eigenvalue weighted by molar-refractivity contribution is 7.00. The predicted octanol–water partition coefficient (Wildman–Crippen LogP) is 19.3. The fourth-order valence-electron chi connectivity index (χ4n) is 15.5. The third kappa shape index (κ3) is 8.14. The average Bonchev–Trinajstić information content (AvgIpc) is 1.45. The zero-order valence-corrected chi connectivity index (χ0v) is 52.6. The molecule has 422 valence electrons. The van der Waals surface area contributed by atoms with Gasteiger partial charge in [-0.25, -0.2) is 0 Å². The van der Waals surface area contributed by atoms with Crippen molar-refractivity contribution in [1.29, 1.82) is 0 Å². The van der Waals surface area contributed by atoms with Gasteiger partial charge in [-0.3, -0.25) is 0 Å². The summed E-state index contributed by atoms with van der Waals surface area (Å²) in [6.45, 7) is 38.6. The molecule has 0 spiro atoms. The van der Waals surface area contributed by atoms with Crippen LogP contribution in [0.2, 0.25) is 0 Å². The van der Waals surface area contributed by atoms with E-state index in [9.17, 15) is 0 Å². The van der Waals surface area contributed by atoms with E-state index in [2.05, 4.69) is 295 Å². The molecule has 3 aliphatic heterocycles. The van der Waals surface area contributed by atoms with Crippen molar-refractivity contribution in [2.24, 2.45) is 0 Å². The molecule has 3 heterocycles. The Morgan fingerprint density at radius 2 is 0.952 bits per heavy atom. The molecule has 5 aliphatic rings. The van der Waals surface area contributed by atoms with Crippen LogP contribution in [-0.4, -0.2) is 6.71 Å². The molecule has 0 aromatic heterocycles. The van der Waals surface area contributed by atoms with E-state index in [1.165, 1.54) is 112 Å². The largest absolute Gasteiger partial charge is 0.488 e. The van der Waals surface area contributed by atoms with Gasteiger partial charge in [-0.05, 0) is 204 Å². The highest BCUT2D eigenvalue weighted by atomic mass is 16.5. The first kappa shape index (κ1) is 54.2. The van der Waals surface area contributed by atoms with Gasteiger partial charge in [-0.15, -0.1) is 0 Å². The summed E-state index contributed by atoms with van der Waals surface area (Å²) in [4.78, 5) is 7.82. The summed E-state index contributed by atoms with van der Waals surface area (Å²) in [5.41, 5.74) is 31.4. The minimum atomic E-state index is -0.259. The molecule has 9 aromatic rings. The molecule has 0 atom stereocenters. The number of nitrogens with zero attached hydrogens (tertiary/aromatic N) is 3. The van der Waals surface area contributed by atoms with E-state index < -0.39 is 0 Å². The van der Waals surface area contributed by atoms with Crippen LogP contribution in [0, 0.1) is 13.8 Å². The van der Waals surface area contributed by atoms with Crippen molar-refractivity contribution in [2.45, 2.75) is 163 Å². The maximum atomic E-state index is 6.79. The lowest BCUT2D eigenvalue weighted by molar-refractivity contribution is 0.302. The molecule has 84 heavy (non-hydrogen) atoms. The number of aryl methyl sites for hydroxylation is 2. The summed E-state index contributed by atoms with van der Waals surface area (Å²) in [6, 6.07) is 66.3. The van der Waals surface area contributed by atoms with Crippen molar-refractivity contribution < 1.29 is 4.74 Å². The van der Waals surface area contributed by atoms with Gasteiger partial charge in [-0.2, -0.15) is 0 Å². The molecule has 0 fully saturated rings. The van der Waals surface area contributed by atoms with Gasteiger partial charge >= 0.3 is 0 Å². The predicted molar refractivity (Wildman–Crippen MR) is 358 cm³/mol. The number of fused-ring (bicyclic) bond motifs is 10. The first-order valence-electron chi connectivity index (χ1n) is 30.9. The van der Waals surface area contributed by atoms with Gasteiger partial charge in [0.2, 0.25) is 0 Å². The fraction of sp³-hybridized carbons (Fsp3) is 0.316. The molecular weight excluding hydrogens is 1020 g/mol. The number of hydrogen-bond acceptors (Lipinski definition) is 4. The van der Waals surface area contributed by atoms with Gasteiger partial charge in [0.25, 0.3) is 6.71 Å². The molecule has 5 heteroatoms. The SMILES string of the molecule is Cc1cc2c3c(c1)N(c1cccc4c1-c1ccccc1CO4)c1cc(N(c4ccc(C(C)(C)C)cc4)c4ccc(C(C)(C)C)cc4)ccc1B3c1cc3c(cc1N2c1cc2c(cc1C)C(C)(C)CCC2(C)C)C(C)(C)c1ccccc1C3(C)C. The lowest BCUT2D eigenvalue weighted by atomic mass is 9.33. The molecule has 0 bridgehead atoms. The van der Waals surface area contributed by atoms with Gasteiger partial charge in [0.1, 0.15) is 12.4 Å². The molecule has 14 rings (SSSR count). The van der Waals surface area contributed by atoms with Crippen LogP contribution in [0.4, 0.5) is 51.2 Å². The number of benzene rings is 9. The monoisotopic (exact) mass is 1100 g/mol. The Morgan fingerprint density at radius 1 is 0.440 bits per heavy atom. The highest BCUT2D eigenvalue weighted by Crippen LogP contribution is 2.56. The number of ether oxygens (including phenoxy) is 1. The third-order valence-electron chi connectivity index (χ3n) is 20.5. The zero-order chi connectivity index (χ0) is 58.9. The van der Waals surface area contributed by atoms with Crippen LogP contribution < -0.4 is 35.8 Å². The summed E-state index contributed by atoms with van der Waals surface area (Å²) in [5.74, 6) is 0.908. The minimum absolute atomic E-state index is 0.0111. The first-order valence-corrected chi connectivity index (χ1v) is 30.9. The van der Waals surface area contributed by atoms with Crippen molar-refractivity contribution in [3.63, 3.8) is 0 Å². The van der Waals surface area contributed by atoms with Crippen molar-refractivity contribution in [3.8, 4) is 16.9 Å². The first-order chi connectivity index (χ1) is 39.7. The molecular formula is C79H82BN3O. The second-order valence-electron chi connectivity index (χ2n) is 29.8. The van der Waals surface area contributed by atoms with Crippen LogP contribution >= 0.6 is 0 Å². The summed E-state index contributed by atoms with van der Waals surface area (Å²) < 4.78 is 6.79. The van der Waals surface area contributed by atoms with E-state index in [0.717, 1.165) is 46.2 Å². The second kappa shape index (κ2) is 18.4. The van der Waals surface area contributed by atoms with Crippen molar-refractivity contribution >= 4 is 74.3 Å². The normalized spacial score (nSPS) is 17.1. The Labute approximate surface area is 501 Å². The standard InChI is InChI=1S/C79H82BN3O/c1-48-40-69-73-70(41-48)83(66-45-60-59(42-49(66)2)76(9,10)38-39-77(60,11)12)68-46-62-61(78(13,14)57-24-19-20-25-58(57)79(62,15)16)44-64(68)80(73)63-37-36-55(43-67(63)82(69)65-26-21-27-71-72(65)56-23-18-17-22-50(56)47-84-71)81(53-32-28-51(29-33-53)74(3,4)5)54-34-30-52(31-35-54)75(6,7)8/h17-37,40-46H,38-39,47H2,1-16H3. The van der Waals surface area contributed by atoms with E-state index in [4.69, 9.17) is 4.74 Å². The number of anilines is 9. The van der Waals surface area contributed by atoms with Crippen LogP contribution in [0.5, 0.6) is 5.75 Å². The van der Waals surface area contributed by atoms with Crippen LogP contribution in [0.1, 0.15) is 171 Å². The van der Waals surface area contributed by atoms with Gasteiger partial charge in [-0.1, -0.05) is 194 Å². The van der Waals surface area contributed by atoms with E-state index in [1.54, 1.807) is 0 Å². The Balaban J connectivity index is 1.09. The summed E-state index contributed by atoms with van der Waals surface area (Å²) in [7, 11) is 0. The van der Waals surface area contributed by atoms with Gasteiger partial charge in [0, 0.05) is 61.9 Å². The maximum Gasteiger partial charge on any atom is 0.252 e. The zero-order valence-electron chi connectivity index (χ0n) is 52.6. The average molecular weight is 1100 g/mol. The summed E-state index contributed by atoms with van der Waals surface area (Å²) >= 11 is 0. The van der Waals surface area contributed by atoms with E-state index >= 15 is 0 Å².